The molecule has 0 spiro atoms. The summed E-state index contributed by atoms with van der Waals surface area (Å²) in [5.74, 6) is -0.188. The fourth-order valence-electron chi connectivity index (χ4n) is 0.810. The van der Waals surface area contributed by atoms with Crippen LogP contribution in [-0.2, 0) is 4.79 Å². The van der Waals surface area contributed by atoms with Gasteiger partial charge in [-0.15, -0.1) is 0 Å². The zero-order valence-electron chi connectivity index (χ0n) is 6.67. The maximum absolute atomic E-state index is 13.0. The number of benzene rings is 1. The summed E-state index contributed by atoms with van der Waals surface area (Å²) in [7, 11) is 1.44. The Hall–Kier alpha value is -1.19. The summed E-state index contributed by atoms with van der Waals surface area (Å²) in [6, 6.07) is 2.49. The maximum Gasteiger partial charge on any atom is 0.240 e. The molecule has 0 saturated heterocycles. The Morgan fingerprint density at radius 1 is 1.62 bits per heavy atom. The fraction of sp³-hybridized carbons (Fsp3) is 0.125. The topological polar surface area (TPSA) is 38.7 Å². The van der Waals surface area contributed by atoms with Crippen molar-refractivity contribution in [3.63, 3.8) is 0 Å². The van der Waals surface area contributed by atoms with E-state index in [1.165, 1.54) is 25.3 Å². The molecule has 0 aliphatic carbocycles. The number of methoxy groups -OCH3 is 1. The molecule has 5 heteroatoms. The first-order valence-electron chi connectivity index (χ1n) is 3.30. The maximum atomic E-state index is 13.0. The van der Waals surface area contributed by atoms with Gasteiger partial charge in [0.25, 0.3) is 0 Å². The van der Waals surface area contributed by atoms with Gasteiger partial charge in [0.2, 0.25) is 6.08 Å². The Balaban J connectivity index is 3.29. The smallest absolute Gasteiger partial charge is 0.240 e. The van der Waals surface area contributed by atoms with Crippen LogP contribution in [0.2, 0.25) is 0 Å². The summed E-state index contributed by atoms with van der Waals surface area (Å²) >= 11 is 3.09. The second kappa shape index (κ2) is 4.16. The average molecular weight is 246 g/mol. The quantitative estimate of drug-likeness (QED) is 0.594. The van der Waals surface area contributed by atoms with Crippen LogP contribution in [0.25, 0.3) is 0 Å². The van der Waals surface area contributed by atoms with Gasteiger partial charge in [0.1, 0.15) is 11.4 Å². The third-order valence-electron chi connectivity index (χ3n) is 1.39. The molecule has 0 atom stereocenters. The van der Waals surface area contributed by atoms with Crippen LogP contribution in [0.5, 0.6) is 5.75 Å². The van der Waals surface area contributed by atoms with Crippen LogP contribution >= 0.6 is 15.9 Å². The minimum Gasteiger partial charge on any atom is -0.495 e. The van der Waals surface area contributed by atoms with Crippen molar-refractivity contribution in [3.05, 3.63) is 22.4 Å². The molecule has 13 heavy (non-hydrogen) atoms. The van der Waals surface area contributed by atoms with Crippen LogP contribution in [0.15, 0.2) is 21.6 Å². The van der Waals surface area contributed by atoms with E-state index < -0.39 is 5.82 Å². The highest BCUT2D eigenvalue weighted by Gasteiger charge is 2.07. The average Bonchev–Trinajstić information content (AvgIpc) is 2.10. The Morgan fingerprint density at radius 2 is 2.31 bits per heavy atom. The van der Waals surface area contributed by atoms with E-state index in [9.17, 15) is 9.18 Å². The molecule has 1 aromatic rings. The van der Waals surface area contributed by atoms with Crippen LogP contribution in [-0.4, -0.2) is 13.2 Å². The lowest BCUT2D eigenvalue weighted by Crippen LogP contribution is -1.86. The lowest BCUT2D eigenvalue weighted by Gasteiger charge is -2.03. The second-order valence-corrected chi connectivity index (χ2v) is 3.00. The molecule has 0 aliphatic rings. The van der Waals surface area contributed by atoms with Gasteiger partial charge in [0.15, 0.2) is 5.82 Å². The molecule has 0 saturated carbocycles. The molecule has 0 N–H and O–H groups in total. The van der Waals surface area contributed by atoms with E-state index in [0.29, 0.717) is 10.2 Å². The van der Waals surface area contributed by atoms with E-state index in [0.717, 1.165) is 0 Å². The zero-order chi connectivity index (χ0) is 9.84. The molecule has 3 nitrogen and oxygen atoms in total. The van der Waals surface area contributed by atoms with E-state index >= 15 is 0 Å². The minimum atomic E-state index is -0.601. The van der Waals surface area contributed by atoms with Crippen LogP contribution in [0.1, 0.15) is 0 Å². The van der Waals surface area contributed by atoms with Gasteiger partial charge in [0.05, 0.1) is 11.6 Å². The Kier molecular flexibility index (Phi) is 3.17. The first-order valence-corrected chi connectivity index (χ1v) is 4.09. The largest absolute Gasteiger partial charge is 0.495 e. The zero-order valence-corrected chi connectivity index (χ0v) is 8.26. The van der Waals surface area contributed by atoms with Crippen LogP contribution in [0.3, 0.4) is 0 Å². The van der Waals surface area contributed by atoms with Crippen molar-refractivity contribution in [1.29, 1.82) is 0 Å². The number of hydrogen-bond acceptors (Lipinski definition) is 3. The van der Waals surface area contributed by atoms with Crippen molar-refractivity contribution < 1.29 is 13.9 Å². The minimum absolute atomic E-state index is 0.0879. The van der Waals surface area contributed by atoms with Crippen molar-refractivity contribution >= 4 is 27.7 Å². The van der Waals surface area contributed by atoms with E-state index in [4.69, 9.17) is 4.74 Å². The number of aliphatic imine (C=N–C) groups is 1. The highest BCUT2D eigenvalue weighted by molar-refractivity contribution is 9.10. The molecular weight excluding hydrogens is 241 g/mol. The van der Waals surface area contributed by atoms with E-state index in [1.54, 1.807) is 0 Å². The Morgan fingerprint density at radius 3 is 2.85 bits per heavy atom. The molecule has 0 unspecified atom stereocenters. The monoisotopic (exact) mass is 245 g/mol. The third-order valence-corrected chi connectivity index (χ3v) is 2.01. The molecule has 1 rings (SSSR count). The summed E-state index contributed by atoms with van der Waals surface area (Å²) in [6.07, 6.45) is 1.26. The summed E-state index contributed by atoms with van der Waals surface area (Å²) in [5, 5.41) is 0. The standard InChI is InChI=1S/C8H5BrFNO2/c1-13-8-3-7(11-4-12)6(10)2-5(8)9/h2-3H,1H3. The highest BCUT2D eigenvalue weighted by Crippen LogP contribution is 2.31. The molecule has 0 amide bonds. The van der Waals surface area contributed by atoms with Gasteiger partial charge in [0, 0.05) is 6.07 Å². The van der Waals surface area contributed by atoms with Gasteiger partial charge in [-0.3, -0.25) is 0 Å². The van der Waals surface area contributed by atoms with Crippen LogP contribution < -0.4 is 4.74 Å². The number of carbonyl (C=O) groups excluding carboxylic acids is 1. The molecule has 0 aliphatic heterocycles. The summed E-state index contributed by atoms with van der Waals surface area (Å²) in [5.41, 5.74) is -0.0879. The van der Waals surface area contributed by atoms with Gasteiger partial charge >= 0.3 is 0 Å². The van der Waals surface area contributed by atoms with Crippen molar-refractivity contribution in [2.24, 2.45) is 4.99 Å². The van der Waals surface area contributed by atoms with E-state index in [2.05, 4.69) is 20.9 Å². The highest BCUT2D eigenvalue weighted by atomic mass is 79.9. The molecule has 68 valence electrons. The SMILES string of the molecule is COc1cc(N=C=O)c(F)cc1Br. The van der Waals surface area contributed by atoms with Crippen LogP contribution in [0.4, 0.5) is 10.1 Å². The molecule has 1 aromatic carbocycles. The Bertz CT molecular complexity index is 375. The molecule has 0 aromatic heterocycles. The number of hydrogen-bond donors (Lipinski definition) is 0. The van der Waals surface area contributed by atoms with Crippen molar-refractivity contribution in [2.45, 2.75) is 0 Å². The van der Waals surface area contributed by atoms with Crippen molar-refractivity contribution in [2.75, 3.05) is 7.11 Å². The lowest BCUT2D eigenvalue weighted by molar-refractivity contribution is 0.411. The fourth-order valence-corrected chi connectivity index (χ4v) is 1.29. The first kappa shape index (κ1) is 9.89. The van der Waals surface area contributed by atoms with Gasteiger partial charge in [-0.25, -0.2) is 9.18 Å². The Labute approximate surface area is 82.4 Å². The van der Waals surface area contributed by atoms with E-state index in [1.807, 2.05) is 0 Å². The molecular formula is C8H5BrFNO2. The normalized spacial score (nSPS) is 9.15. The lowest BCUT2D eigenvalue weighted by atomic mass is 10.3. The summed E-state index contributed by atoms with van der Waals surface area (Å²) in [4.78, 5) is 13.1. The number of rotatable bonds is 2. The molecule has 0 fully saturated rings. The van der Waals surface area contributed by atoms with E-state index in [-0.39, 0.29) is 5.69 Å². The number of nitrogens with zero attached hydrogens (tertiary/aromatic N) is 1. The molecule has 0 heterocycles. The third kappa shape index (κ3) is 2.14. The summed E-state index contributed by atoms with van der Waals surface area (Å²) < 4.78 is 18.3. The number of halogens is 2. The first-order chi connectivity index (χ1) is 6.19. The molecule has 0 radical (unpaired) electrons. The van der Waals surface area contributed by atoms with Crippen LogP contribution in [0, 0.1) is 5.82 Å². The van der Waals surface area contributed by atoms with Gasteiger partial charge < -0.3 is 4.74 Å². The molecule has 0 bridgehead atoms. The predicted molar refractivity (Wildman–Crippen MR) is 48.4 cm³/mol. The number of ether oxygens (including phenoxy) is 1. The number of isocyanates is 1. The summed E-state index contributed by atoms with van der Waals surface area (Å²) in [6.45, 7) is 0. The van der Waals surface area contributed by atoms with Gasteiger partial charge in [-0.05, 0) is 22.0 Å². The second-order valence-electron chi connectivity index (χ2n) is 2.14. The van der Waals surface area contributed by atoms with Crippen molar-refractivity contribution in [3.8, 4) is 5.75 Å². The van der Waals surface area contributed by atoms with Crippen molar-refractivity contribution in [1.82, 2.24) is 0 Å². The van der Waals surface area contributed by atoms with Gasteiger partial charge in [-0.1, -0.05) is 0 Å². The predicted octanol–water partition coefficient (Wildman–Crippen LogP) is 2.56. The van der Waals surface area contributed by atoms with Gasteiger partial charge in [-0.2, -0.15) is 4.99 Å².